The fourth-order valence-corrected chi connectivity index (χ4v) is 6.60. The summed E-state index contributed by atoms with van der Waals surface area (Å²) < 4.78 is 10.8. The third kappa shape index (κ3) is 4.23. The highest BCUT2D eigenvalue weighted by molar-refractivity contribution is 5.86. The second-order valence-electron chi connectivity index (χ2n) is 10.8. The van der Waals surface area contributed by atoms with Gasteiger partial charge in [-0.05, 0) is 60.3 Å². The molecular weight excluding hydrogens is 456 g/mol. The lowest BCUT2D eigenvalue weighted by Crippen LogP contribution is -2.49. The normalized spacial score (nSPS) is 25.9. The maximum absolute atomic E-state index is 13.3. The first-order valence-corrected chi connectivity index (χ1v) is 13.3. The van der Waals surface area contributed by atoms with Crippen molar-refractivity contribution in [2.45, 2.75) is 44.1 Å². The predicted molar refractivity (Wildman–Crippen MR) is 133 cm³/mol. The molecule has 3 unspecified atom stereocenters. The van der Waals surface area contributed by atoms with Crippen LogP contribution in [0.2, 0.25) is 0 Å². The summed E-state index contributed by atoms with van der Waals surface area (Å²) in [6.07, 6.45) is 5.01. The van der Waals surface area contributed by atoms with Crippen LogP contribution in [0.5, 0.6) is 11.5 Å². The Kier molecular flexibility index (Phi) is 6.12. The molecule has 2 amide bonds. The number of hydrogen-bond acceptors (Lipinski definition) is 5. The molecule has 2 aromatic carbocycles. The van der Waals surface area contributed by atoms with Crippen LogP contribution in [0, 0.1) is 23.7 Å². The standard InChI is InChI=1S/C29H34N2O5/c32-27(13-11-19-10-12-25-26(14-19)36-18-35-25)31-16-23-22(24(23)17-31)15-30-28(33)29(34,21-8-4-5-9-21)20-6-2-1-3-7-20/h1-3,6-7,10,12,14,21-24,34H,4-5,8-9,11,13,15-18H2,(H,30,33). The summed E-state index contributed by atoms with van der Waals surface area (Å²) in [6.45, 7) is 2.34. The van der Waals surface area contributed by atoms with Crippen molar-refractivity contribution in [2.24, 2.45) is 23.7 Å². The van der Waals surface area contributed by atoms with Gasteiger partial charge in [-0.15, -0.1) is 0 Å². The maximum Gasteiger partial charge on any atom is 0.256 e. The summed E-state index contributed by atoms with van der Waals surface area (Å²) in [6, 6.07) is 15.2. The topological polar surface area (TPSA) is 88.1 Å². The van der Waals surface area contributed by atoms with Gasteiger partial charge in [0.2, 0.25) is 12.7 Å². The monoisotopic (exact) mass is 490 g/mol. The zero-order valence-electron chi connectivity index (χ0n) is 20.5. The number of carbonyl (C=O) groups is 2. The number of aryl methyl sites for hydroxylation is 1. The van der Waals surface area contributed by atoms with Gasteiger partial charge in [0, 0.05) is 32.0 Å². The molecule has 0 aromatic heterocycles. The van der Waals surface area contributed by atoms with Gasteiger partial charge >= 0.3 is 0 Å². The van der Waals surface area contributed by atoms with Gasteiger partial charge in [0.05, 0.1) is 0 Å². The van der Waals surface area contributed by atoms with E-state index in [2.05, 4.69) is 5.32 Å². The average Bonchev–Trinajstić information content (AvgIpc) is 3.45. The molecule has 190 valence electrons. The summed E-state index contributed by atoms with van der Waals surface area (Å²) in [5.41, 5.74) is 0.286. The Morgan fingerprint density at radius 1 is 1.00 bits per heavy atom. The number of nitrogens with one attached hydrogen (secondary N) is 1. The fourth-order valence-electron chi connectivity index (χ4n) is 6.60. The van der Waals surface area contributed by atoms with Crippen LogP contribution in [0.1, 0.15) is 43.2 Å². The van der Waals surface area contributed by atoms with E-state index in [4.69, 9.17) is 9.47 Å². The number of nitrogens with zero attached hydrogens (tertiary/aromatic N) is 1. The van der Waals surface area contributed by atoms with Crippen molar-refractivity contribution in [2.75, 3.05) is 26.4 Å². The van der Waals surface area contributed by atoms with Crippen LogP contribution in [0.25, 0.3) is 0 Å². The van der Waals surface area contributed by atoms with Crippen LogP contribution in [-0.2, 0) is 21.6 Å². The van der Waals surface area contributed by atoms with Gasteiger partial charge in [0.15, 0.2) is 17.1 Å². The van der Waals surface area contributed by atoms with Crippen LogP contribution in [0.4, 0.5) is 0 Å². The number of rotatable bonds is 8. The van der Waals surface area contributed by atoms with E-state index >= 15 is 0 Å². The molecule has 2 saturated carbocycles. The van der Waals surface area contributed by atoms with Crippen LogP contribution < -0.4 is 14.8 Å². The highest BCUT2D eigenvalue weighted by atomic mass is 16.7. The summed E-state index contributed by atoms with van der Waals surface area (Å²) in [5.74, 6) is 2.64. The van der Waals surface area contributed by atoms with E-state index in [1.54, 1.807) is 0 Å². The van der Waals surface area contributed by atoms with E-state index in [1.807, 2.05) is 53.4 Å². The second-order valence-corrected chi connectivity index (χ2v) is 10.8. The van der Waals surface area contributed by atoms with Gasteiger partial charge in [-0.1, -0.05) is 49.2 Å². The molecule has 4 aliphatic rings. The predicted octanol–water partition coefficient (Wildman–Crippen LogP) is 3.25. The van der Waals surface area contributed by atoms with Gasteiger partial charge in [-0.25, -0.2) is 0 Å². The molecule has 2 aromatic rings. The van der Waals surface area contributed by atoms with Gasteiger partial charge in [0.25, 0.3) is 5.91 Å². The lowest BCUT2D eigenvalue weighted by Gasteiger charge is -2.33. The molecule has 3 fully saturated rings. The minimum absolute atomic E-state index is 0.0449. The van der Waals surface area contributed by atoms with Gasteiger partial charge < -0.3 is 24.8 Å². The van der Waals surface area contributed by atoms with Gasteiger partial charge in [-0.2, -0.15) is 0 Å². The molecule has 2 heterocycles. The summed E-state index contributed by atoms with van der Waals surface area (Å²) >= 11 is 0. The zero-order valence-corrected chi connectivity index (χ0v) is 20.5. The van der Waals surface area contributed by atoms with E-state index in [-0.39, 0.29) is 24.5 Å². The second kappa shape index (κ2) is 9.43. The van der Waals surface area contributed by atoms with E-state index < -0.39 is 5.60 Å². The zero-order chi connectivity index (χ0) is 24.7. The highest BCUT2D eigenvalue weighted by Crippen LogP contribution is 2.51. The number of aliphatic hydroxyl groups is 1. The number of fused-ring (bicyclic) bond motifs is 2. The minimum Gasteiger partial charge on any atom is -0.454 e. The van der Waals surface area contributed by atoms with Crippen molar-refractivity contribution >= 4 is 11.8 Å². The summed E-state index contributed by atoms with van der Waals surface area (Å²) in [4.78, 5) is 28.1. The molecule has 0 spiro atoms. The smallest absolute Gasteiger partial charge is 0.256 e. The number of benzene rings is 2. The van der Waals surface area contributed by atoms with Gasteiger partial charge in [-0.3, -0.25) is 9.59 Å². The molecule has 7 nitrogen and oxygen atoms in total. The molecule has 6 rings (SSSR count). The highest BCUT2D eigenvalue weighted by Gasteiger charge is 2.56. The SMILES string of the molecule is O=C(CCc1ccc2c(c1)OCO2)N1CC2C(CNC(=O)C(O)(c3ccccc3)C3CCCC3)C2C1. The molecular formula is C29H34N2O5. The van der Waals surface area contributed by atoms with Crippen LogP contribution in [0.15, 0.2) is 48.5 Å². The lowest BCUT2D eigenvalue weighted by molar-refractivity contribution is -0.147. The fraction of sp³-hybridized carbons (Fsp3) is 0.517. The van der Waals surface area contributed by atoms with Crippen molar-refractivity contribution in [1.29, 1.82) is 0 Å². The third-order valence-electron chi connectivity index (χ3n) is 8.79. The number of hydrogen-bond donors (Lipinski definition) is 2. The molecule has 0 bridgehead atoms. The number of likely N-dealkylation sites (tertiary alicyclic amines) is 1. The van der Waals surface area contributed by atoms with E-state index in [9.17, 15) is 14.7 Å². The van der Waals surface area contributed by atoms with E-state index in [0.717, 1.165) is 55.8 Å². The first-order valence-electron chi connectivity index (χ1n) is 13.3. The Morgan fingerprint density at radius 2 is 1.72 bits per heavy atom. The molecule has 2 N–H and O–H groups in total. The Labute approximate surface area is 211 Å². The Balaban J connectivity index is 0.993. The van der Waals surface area contributed by atoms with Crippen LogP contribution >= 0.6 is 0 Å². The maximum atomic E-state index is 13.3. The number of piperidine rings is 1. The lowest BCUT2D eigenvalue weighted by atomic mass is 9.79. The van der Waals surface area contributed by atoms with Crippen molar-refractivity contribution in [3.8, 4) is 11.5 Å². The van der Waals surface area contributed by atoms with E-state index in [1.165, 1.54) is 0 Å². The molecule has 0 radical (unpaired) electrons. The first kappa shape index (κ1) is 23.3. The van der Waals surface area contributed by atoms with E-state index in [0.29, 0.717) is 42.7 Å². The van der Waals surface area contributed by atoms with Crippen LogP contribution in [0.3, 0.4) is 0 Å². The first-order chi connectivity index (χ1) is 17.5. The van der Waals surface area contributed by atoms with Crippen molar-refractivity contribution < 1.29 is 24.2 Å². The molecule has 7 heteroatoms. The number of amides is 2. The van der Waals surface area contributed by atoms with Crippen molar-refractivity contribution in [1.82, 2.24) is 10.2 Å². The average molecular weight is 491 g/mol. The van der Waals surface area contributed by atoms with Crippen molar-refractivity contribution in [3.63, 3.8) is 0 Å². The number of ether oxygens (including phenoxy) is 2. The molecule has 36 heavy (non-hydrogen) atoms. The Hall–Kier alpha value is -3.06. The van der Waals surface area contributed by atoms with Crippen molar-refractivity contribution in [3.05, 3.63) is 59.7 Å². The summed E-state index contributed by atoms with van der Waals surface area (Å²) in [7, 11) is 0. The molecule has 3 atom stereocenters. The largest absolute Gasteiger partial charge is 0.454 e. The Bertz CT molecular complexity index is 1120. The minimum atomic E-state index is -1.47. The molecule has 2 aliphatic carbocycles. The van der Waals surface area contributed by atoms with Crippen LogP contribution in [-0.4, -0.2) is 48.2 Å². The number of carbonyl (C=O) groups excluding carboxylic acids is 2. The third-order valence-corrected chi connectivity index (χ3v) is 8.79. The molecule has 1 saturated heterocycles. The van der Waals surface area contributed by atoms with Gasteiger partial charge in [0.1, 0.15) is 0 Å². The molecule has 2 aliphatic heterocycles. The quantitative estimate of drug-likeness (QED) is 0.593. The Morgan fingerprint density at radius 3 is 2.47 bits per heavy atom. The summed E-state index contributed by atoms with van der Waals surface area (Å²) in [5, 5.41) is 14.7.